The van der Waals surface area contributed by atoms with Crippen LogP contribution in [0.3, 0.4) is 0 Å². The molecule has 12 nitrogen and oxygen atoms in total. The quantitative estimate of drug-likeness (QED) is 0.102. The lowest BCUT2D eigenvalue weighted by Gasteiger charge is -2.29. The number of benzene rings is 4. The van der Waals surface area contributed by atoms with Crippen LogP contribution in [0.1, 0.15) is 94.5 Å². The van der Waals surface area contributed by atoms with Gasteiger partial charge in [0.1, 0.15) is 23.0 Å². The molecule has 4 rings (SSSR count). The second-order valence-electron chi connectivity index (χ2n) is 13.1. The van der Waals surface area contributed by atoms with Gasteiger partial charge in [-0.25, -0.2) is 0 Å². The lowest BCUT2D eigenvalue weighted by molar-refractivity contribution is 0.262. The Labute approximate surface area is 290 Å². The Morgan fingerprint density at radius 3 is 0.520 bits per heavy atom. The highest BCUT2D eigenvalue weighted by atomic mass is 16.3. The van der Waals surface area contributed by atoms with Crippen molar-refractivity contribution in [2.75, 3.05) is 0 Å². The third kappa shape index (κ3) is 8.04. The number of aromatic hydroxyl groups is 4. The molecule has 0 saturated carbocycles. The van der Waals surface area contributed by atoms with Gasteiger partial charge in [-0.15, -0.1) is 0 Å². The van der Waals surface area contributed by atoms with E-state index in [1.807, 2.05) is 27.7 Å². The van der Waals surface area contributed by atoms with Gasteiger partial charge in [0, 0.05) is 55.3 Å². The van der Waals surface area contributed by atoms with Crippen molar-refractivity contribution in [2.24, 2.45) is 0 Å². The molecule has 4 aromatic rings. The van der Waals surface area contributed by atoms with Crippen LogP contribution in [0.25, 0.3) is 0 Å². The van der Waals surface area contributed by atoms with Crippen LogP contribution in [0, 0.1) is 0 Å². The maximum atomic E-state index is 10.0. The van der Waals surface area contributed by atoms with E-state index < -0.39 is 10.8 Å². The van der Waals surface area contributed by atoms with Gasteiger partial charge >= 0.3 is 0 Å². The molecule has 0 amide bonds. The second kappa shape index (κ2) is 16.6. The molecule has 0 atom stereocenters. The highest BCUT2D eigenvalue weighted by Gasteiger charge is 2.29. The summed E-state index contributed by atoms with van der Waals surface area (Å²) in [5, 5.41) is 116. The van der Waals surface area contributed by atoms with Gasteiger partial charge in [0.05, 0.1) is 52.9 Å². The first kappa shape index (κ1) is 40.2. The van der Waals surface area contributed by atoms with Crippen molar-refractivity contribution in [1.29, 1.82) is 0 Å². The molecule has 0 bridgehead atoms. The summed E-state index contributed by atoms with van der Waals surface area (Å²) >= 11 is 0. The van der Waals surface area contributed by atoms with Crippen LogP contribution in [0.2, 0.25) is 0 Å². The molecular weight excluding hydrogens is 648 g/mol. The Hall–Kier alpha value is -4.24. The summed E-state index contributed by atoms with van der Waals surface area (Å²) in [4.78, 5) is 0. The minimum absolute atomic E-state index is 0.137. The Kier molecular flexibility index (Phi) is 13.4. The van der Waals surface area contributed by atoms with Crippen molar-refractivity contribution in [2.45, 2.75) is 91.4 Å². The van der Waals surface area contributed by atoms with E-state index >= 15 is 0 Å². The zero-order valence-electron chi connectivity index (χ0n) is 28.6. The van der Waals surface area contributed by atoms with E-state index in [-0.39, 0.29) is 75.9 Å². The molecule has 0 heterocycles. The van der Waals surface area contributed by atoms with Crippen molar-refractivity contribution in [3.05, 3.63) is 115 Å². The monoisotopic (exact) mass is 696 g/mol. The summed E-state index contributed by atoms with van der Waals surface area (Å²) in [6, 6.07) is 13.2. The predicted octanol–water partition coefficient (Wildman–Crippen LogP) is 2.79. The first-order chi connectivity index (χ1) is 23.6. The smallest absolute Gasteiger partial charge is 0.126 e. The number of aliphatic hydroxyl groups is 8. The Bertz CT molecular complexity index is 1440. The van der Waals surface area contributed by atoms with Crippen LogP contribution in [-0.4, -0.2) is 61.3 Å². The SMILES string of the molecule is CC(C)(c1cc(CO)c(O)c(CO)c1)c1cc(CO)c(O)c(CO)c1.CC(C)(c1cc(CO)c(O)c(CO)c1)c1cc(CO)c(O)c(CO)c1. The molecule has 50 heavy (non-hydrogen) atoms. The first-order valence-electron chi connectivity index (χ1n) is 15.9. The molecular formula is C38H48O12. The highest BCUT2D eigenvalue weighted by Crippen LogP contribution is 2.40. The molecule has 0 spiro atoms. The molecule has 0 fully saturated rings. The predicted molar refractivity (Wildman–Crippen MR) is 184 cm³/mol. The maximum Gasteiger partial charge on any atom is 0.126 e. The zero-order valence-corrected chi connectivity index (χ0v) is 28.6. The van der Waals surface area contributed by atoms with E-state index in [9.17, 15) is 61.3 Å². The summed E-state index contributed by atoms with van der Waals surface area (Å²) in [5.74, 6) is -0.547. The molecule has 0 aliphatic carbocycles. The minimum Gasteiger partial charge on any atom is -0.507 e. The Morgan fingerprint density at radius 2 is 0.420 bits per heavy atom. The average molecular weight is 697 g/mol. The topological polar surface area (TPSA) is 243 Å². The zero-order chi connectivity index (χ0) is 37.6. The van der Waals surface area contributed by atoms with Crippen molar-refractivity contribution >= 4 is 0 Å². The minimum atomic E-state index is -0.636. The first-order valence-corrected chi connectivity index (χ1v) is 15.9. The van der Waals surface area contributed by atoms with Gasteiger partial charge in [0.25, 0.3) is 0 Å². The summed E-state index contributed by atoms with van der Waals surface area (Å²) < 4.78 is 0. The van der Waals surface area contributed by atoms with Gasteiger partial charge in [-0.3, -0.25) is 0 Å². The second-order valence-corrected chi connectivity index (χ2v) is 13.1. The van der Waals surface area contributed by atoms with Gasteiger partial charge in [0.2, 0.25) is 0 Å². The molecule has 4 aromatic carbocycles. The molecule has 272 valence electrons. The van der Waals surface area contributed by atoms with Gasteiger partial charge in [-0.05, 0) is 70.8 Å². The number of hydrogen-bond acceptors (Lipinski definition) is 12. The van der Waals surface area contributed by atoms with Crippen molar-refractivity contribution in [3.63, 3.8) is 0 Å². The summed E-state index contributed by atoms with van der Waals surface area (Å²) in [6.45, 7) is 4.61. The standard InChI is InChI=1S/2C19H24O6/c2*1-19(2,15-3-11(7-20)17(24)12(4-15)8-21)16-5-13(9-22)18(25)14(6-16)10-23/h2*3-6,20-25H,7-10H2,1-2H3. The summed E-state index contributed by atoms with van der Waals surface area (Å²) in [6.07, 6.45) is 0. The normalized spacial score (nSPS) is 11.8. The van der Waals surface area contributed by atoms with Crippen LogP contribution < -0.4 is 0 Å². The van der Waals surface area contributed by atoms with Crippen molar-refractivity contribution < 1.29 is 61.3 Å². The molecule has 12 N–H and O–H groups in total. The highest BCUT2D eigenvalue weighted by molar-refractivity contribution is 5.53. The average Bonchev–Trinajstić information content (AvgIpc) is 3.11. The Morgan fingerprint density at radius 1 is 0.300 bits per heavy atom. The van der Waals surface area contributed by atoms with Gasteiger partial charge < -0.3 is 61.3 Å². The fourth-order valence-electron chi connectivity index (χ4n) is 5.78. The Balaban J connectivity index is 0.000000270. The van der Waals surface area contributed by atoms with E-state index in [4.69, 9.17) is 0 Å². The van der Waals surface area contributed by atoms with Crippen LogP contribution in [0.5, 0.6) is 23.0 Å². The fraction of sp³-hybridized carbons (Fsp3) is 0.368. The molecule has 0 aliphatic heterocycles. The van der Waals surface area contributed by atoms with Crippen LogP contribution >= 0.6 is 0 Å². The van der Waals surface area contributed by atoms with Crippen LogP contribution in [0.15, 0.2) is 48.5 Å². The van der Waals surface area contributed by atoms with Crippen LogP contribution in [-0.2, 0) is 63.7 Å². The van der Waals surface area contributed by atoms with E-state index in [0.29, 0.717) is 44.5 Å². The molecule has 0 saturated heterocycles. The number of hydrogen-bond donors (Lipinski definition) is 12. The molecule has 0 radical (unpaired) electrons. The van der Waals surface area contributed by atoms with Crippen molar-refractivity contribution in [3.8, 4) is 23.0 Å². The molecule has 0 unspecified atom stereocenters. The van der Waals surface area contributed by atoms with Crippen molar-refractivity contribution in [1.82, 2.24) is 0 Å². The number of phenols is 4. The van der Waals surface area contributed by atoms with E-state index in [1.54, 1.807) is 48.5 Å². The summed E-state index contributed by atoms with van der Waals surface area (Å²) in [7, 11) is 0. The van der Waals surface area contributed by atoms with Gasteiger partial charge in [0.15, 0.2) is 0 Å². The van der Waals surface area contributed by atoms with Gasteiger partial charge in [-0.1, -0.05) is 27.7 Å². The molecule has 0 aromatic heterocycles. The lowest BCUT2D eigenvalue weighted by Crippen LogP contribution is -2.20. The van der Waals surface area contributed by atoms with E-state index in [2.05, 4.69) is 0 Å². The largest absolute Gasteiger partial charge is 0.507 e. The third-order valence-corrected chi connectivity index (χ3v) is 9.32. The lowest BCUT2D eigenvalue weighted by atomic mass is 9.76. The van der Waals surface area contributed by atoms with E-state index in [1.165, 1.54) is 0 Å². The van der Waals surface area contributed by atoms with Crippen LogP contribution in [0.4, 0.5) is 0 Å². The summed E-state index contributed by atoms with van der Waals surface area (Å²) in [5.41, 5.74) is 4.09. The van der Waals surface area contributed by atoms with Gasteiger partial charge in [-0.2, -0.15) is 0 Å². The number of aliphatic hydroxyl groups excluding tert-OH is 8. The fourth-order valence-corrected chi connectivity index (χ4v) is 5.78. The molecule has 0 aliphatic rings. The third-order valence-electron chi connectivity index (χ3n) is 9.32. The molecule has 12 heteroatoms. The maximum absolute atomic E-state index is 10.0. The van der Waals surface area contributed by atoms with E-state index in [0.717, 1.165) is 22.3 Å². The number of rotatable bonds is 12.